The predicted molar refractivity (Wildman–Crippen MR) is 393 cm³/mol. The van der Waals surface area contributed by atoms with Crippen molar-refractivity contribution in [3.63, 3.8) is 0 Å². The lowest BCUT2D eigenvalue weighted by Crippen LogP contribution is -2.67. The van der Waals surface area contributed by atoms with Crippen molar-refractivity contribution in [1.29, 1.82) is 0 Å². The summed E-state index contributed by atoms with van der Waals surface area (Å²) in [7, 11) is 3.11. The van der Waals surface area contributed by atoms with Crippen molar-refractivity contribution in [3.8, 4) is 48.5 Å². The summed E-state index contributed by atoms with van der Waals surface area (Å²) >= 11 is 0. The number of rotatable bonds is 27. The molecule has 8 amide bonds. The smallest absolute Gasteiger partial charge is 0.430 e. The fraction of sp³-hybridized carbons (Fsp3) is 0.547. The topological polar surface area (TPSA) is 425 Å². The number of fused-ring (bicyclic) bond motifs is 2. The number of methoxy groups -OCH3 is 2. The van der Waals surface area contributed by atoms with Crippen molar-refractivity contribution in [2.24, 2.45) is 35.5 Å². The third-order valence-electron chi connectivity index (χ3n) is 16.0. The van der Waals surface area contributed by atoms with E-state index in [2.05, 4.69) is 42.3 Å². The van der Waals surface area contributed by atoms with Crippen molar-refractivity contribution >= 4 is 92.8 Å². The Hall–Kier alpha value is -10.7. The summed E-state index contributed by atoms with van der Waals surface area (Å²) in [6, 6.07) is 12.3. The quantitative estimate of drug-likeness (QED) is 0.0373. The van der Waals surface area contributed by atoms with Gasteiger partial charge in [0.1, 0.15) is 40.5 Å². The van der Waals surface area contributed by atoms with Crippen LogP contribution in [0, 0.1) is 72.5 Å². The zero-order valence-electron chi connectivity index (χ0n) is 60.3. The number of carboxylic acid groups (broad SMARTS) is 2. The number of nitrogens with one attached hydrogen (secondary N) is 7. The lowest BCUT2D eigenvalue weighted by molar-refractivity contribution is -0.406. The molecule has 32 heteroatoms. The van der Waals surface area contributed by atoms with Crippen LogP contribution >= 0.6 is 0 Å². The first-order valence-corrected chi connectivity index (χ1v) is 33.5. The molecule has 107 heavy (non-hydrogen) atoms. The Kier molecular flexibility index (Phi) is 41.1. The van der Waals surface area contributed by atoms with E-state index in [0.717, 1.165) is 21.8 Å². The number of amides is 8. The molecule has 592 valence electrons. The maximum atomic E-state index is 13.2. The van der Waals surface area contributed by atoms with Gasteiger partial charge in [-0.15, -0.1) is 19.3 Å². The number of ketones is 2. The number of aromatic amines is 2. The molecule has 5 heterocycles. The van der Waals surface area contributed by atoms with Crippen LogP contribution in [0.15, 0.2) is 48.5 Å². The molecule has 1 unspecified atom stereocenters. The zero-order valence-corrected chi connectivity index (χ0v) is 60.3. The van der Waals surface area contributed by atoms with Gasteiger partial charge in [-0.3, -0.25) is 43.2 Å². The summed E-state index contributed by atoms with van der Waals surface area (Å²) in [4.78, 5) is 151. The molecule has 12 N–H and O–H groups in total. The van der Waals surface area contributed by atoms with E-state index in [-0.39, 0.29) is 126 Å². The molecule has 7 rings (SSSR count). The number of carbonyl (C=O) groups excluding carboxylic acids is 11. The number of aliphatic carboxylic acids is 1. The molecule has 0 bridgehead atoms. The van der Waals surface area contributed by atoms with Crippen molar-refractivity contribution < 1.29 is 106 Å². The van der Waals surface area contributed by atoms with Crippen LogP contribution in [-0.2, 0) is 47.9 Å². The summed E-state index contributed by atoms with van der Waals surface area (Å²) in [6.07, 6.45) is 12.2. The highest BCUT2D eigenvalue weighted by Crippen LogP contribution is 2.28. The minimum Gasteiger partial charge on any atom is -0.542 e. The number of hydrogen-bond donors (Lipinski definition) is 10. The number of H-pyrrole nitrogens is 2. The molecule has 4 aromatic rings. The molecular formula is C75H108F3N11O18. The van der Waals surface area contributed by atoms with Crippen molar-refractivity contribution in [1.82, 2.24) is 51.3 Å². The van der Waals surface area contributed by atoms with Crippen molar-refractivity contribution in [2.75, 3.05) is 73.1 Å². The van der Waals surface area contributed by atoms with Crippen molar-refractivity contribution in [3.05, 3.63) is 59.9 Å². The van der Waals surface area contributed by atoms with E-state index in [9.17, 15) is 71.0 Å². The van der Waals surface area contributed by atoms with E-state index < -0.39 is 77.5 Å². The number of quaternary nitrogens is 1. The number of halogens is 3. The summed E-state index contributed by atoms with van der Waals surface area (Å²) in [5.41, 5.74) is 5.14. The van der Waals surface area contributed by atoms with E-state index >= 15 is 0 Å². The molecule has 0 saturated carbocycles. The first-order valence-electron chi connectivity index (χ1n) is 33.5. The van der Waals surface area contributed by atoms with Gasteiger partial charge in [0.05, 0.1) is 63.3 Å². The molecule has 3 aliphatic rings. The number of aliphatic hydroxyl groups is 1. The molecule has 2 aromatic heterocycles. The van der Waals surface area contributed by atoms with Gasteiger partial charge in [0, 0.05) is 74.0 Å². The Morgan fingerprint density at radius 3 is 1.36 bits per heavy atom. The molecule has 2 aromatic carbocycles. The van der Waals surface area contributed by atoms with E-state index in [0.29, 0.717) is 81.3 Å². The van der Waals surface area contributed by atoms with Crippen LogP contribution in [0.4, 0.5) is 18.0 Å². The highest BCUT2D eigenvalue weighted by molar-refractivity contribution is 6.03. The van der Waals surface area contributed by atoms with Gasteiger partial charge in [-0.2, -0.15) is 13.2 Å². The molecule has 7 atom stereocenters. The largest absolute Gasteiger partial charge is 0.542 e. The molecule has 29 nitrogen and oxygen atoms in total. The van der Waals surface area contributed by atoms with Crippen LogP contribution < -0.4 is 46.9 Å². The van der Waals surface area contributed by atoms with Crippen LogP contribution in [0.5, 0.6) is 11.5 Å². The summed E-state index contributed by atoms with van der Waals surface area (Å²) in [5.74, 6) is -0.101. The minimum atomic E-state index is -5.19. The Bertz CT molecular complexity index is 3800. The molecular weight excluding hydrogens is 1400 g/mol. The number of carboxylic acids is 2. The number of nitrogens with zero attached hydrogens (tertiary/aromatic N) is 3. The minimum absolute atomic E-state index is 0. The standard InChI is InChI=1S/C25H30N4O5.C20H33N3O5.C15H23N3O3.C10H9NO3.C2HF3O2.3CH4/c1-5-23(31)29(13-16-9-10-26-24(16)32)14-21(30)19(11-15(2)3)28-25(33)20-12-17-18(27-20)7-6-8-22(17)34-4;1-7-17(25)23(11-14-8-9-21-18(14)26)12-16(24)15(10-13(2)3)22-19(27)28-20(4,5)6;1-4-14(20)18(8-11-5-6-17-15(11)21)9-13(19)12(16)7-10(2)3;1-14-9-4-2-3-7-6(9)5-8(11-7)10(12)13;3-2(4,5)1(6)7;;;/h1,6-8,12,15-16,19,27H,9-11,13-14H2,2-4H3,(H,26,32)(H,28,33);1,13-16,24H,8-12H2,2-6H3,(H,21,26)(H,22,27);1,10-12H,5-9,16H2,2-3H3,(H,17,21);2-5,11H,1H3,(H,12,13);(H,6,7);3*1H4/t16-,19-;14-,15-,16?;11-,12-;;;;;/m000...../s1. The van der Waals surface area contributed by atoms with Crippen molar-refractivity contribution in [2.45, 2.75) is 159 Å². The van der Waals surface area contributed by atoms with Crippen LogP contribution in [0.2, 0.25) is 0 Å². The van der Waals surface area contributed by atoms with E-state index in [1.165, 1.54) is 14.7 Å². The predicted octanol–water partition coefficient (Wildman–Crippen LogP) is 4.26. The lowest BCUT2D eigenvalue weighted by Gasteiger charge is -2.31. The average Bonchev–Trinajstić information content (AvgIpc) is 1.69. The summed E-state index contributed by atoms with van der Waals surface area (Å²) in [6.45, 7) is 18.7. The second-order valence-corrected chi connectivity index (χ2v) is 27.0. The van der Waals surface area contributed by atoms with Gasteiger partial charge in [-0.05, 0) is 125 Å². The number of terminal acetylenes is 3. The number of alkyl carbamates (subject to hydrolysis) is 1. The highest BCUT2D eigenvalue weighted by atomic mass is 19.4. The molecule has 0 radical (unpaired) electrons. The maximum absolute atomic E-state index is 13.2. The van der Waals surface area contributed by atoms with E-state index in [1.807, 2.05) is 83.6 Å². The Morgan fingerprint density at radius 2 is 1.01 bits per heavy atom. The zero-order chi connectivity index (χ0) is 78.5. The number of aromatic nitrogens is 2. The maximum Gasteiger partial charge on any atom is 0.430 e. The molecule has 3 aliphatic heterocycles. The third kappa shape index (κ3) is 32.3. The molecule has 3 saturated heterocycles. The highest BCUT2D eigenvalue weighted by Gasteiger charge is 2.36. The Labute approximate surface area is 623 Å². The van der Waals surface area contributed by atoms with Crippen LogP contribution in [0.3, 0.4) is 0 Å². The van der Waals surface area contributed by atoms with Gasteiger partial charge in [0.25, 0.3) is 23.6 Å². The van der Waals surface area contributed by atoms with E-state index in [4.69, 9.17) is 48.5 Å². The molecule has 0 spiro atoms. The number of ether oxygens (including phenoxy) is 3. The van der Waals surface area contributed by atoms with Gasteiger partial charge in [-0.25, -0.2) is 9.59 Å². The van der Waals surface area contributed by atoms with Crippen LogP contribution in [0.25, 0.3) is 21.8 Å². The number of hydrogen-bond acceptors (Lipinski definition) is 17. The monoisotopic (exact) mass is 1510 g/mol. The fourth-order valence-corrected chi connectivity index (χ4v) is 11.0. The number of alkyl halides is 3. The third-order valence-corrected chi connectivity index (χ3v) is 16.0. The fourth-order valence-electron chi connectivity index (χ4n) is 11.0. The second-order valence-electron chi connectivity index (χ2n) is 27.0. The SMILES string of the molecule is C.C.C.C#CC(=O)N(CC(=O)[C@@H]([NH3+])CC(C)C)C[C@@H]1CCNC1=O.C#CC(=O)N(CC(=O)[C@H](CC(C)C)NC(=O)c1cc2c(OC)cccc2[nH]1)C[C@@H]1CCNC1=O.C#CC(=O)N(CC(O)[C@H](CC(C)C)NC(=O)OC(C)(C)C)C[C@@H]1CCNC1=O.COc1cccc2[nH]c(C(=O)O)cc12.O=C([O-])C(F)(F)F. The molecule has 3 fully saturated rings. The van der Waals surface area contributed by atoms with Gasteiger partial charge >= 0.3 is 18.2 Å². The number of aliphatic hydroxyl groups excluding tert-OH is 1. The number of benzene rings is 2. The summed E-state index contributed by atoms with van der Waals surface area (Å²) < 4.78 is 47.3. The first kappa shape index (κ1) is 96.3. The lowest BCUT2D eigenvalue weighted by atomic mass is 9.98. The number of carbonyl (C=O) groups is 12. The number of aromatic carboxylic acids is 1. The second kappa shape index (κ2) is 45.7. The van der Waals surface area contributed by atoms with Gasteiger partial charge < -0.3 is 91.3 Å². The molecule has 0 aliphatic carbocycles. The Balaban J connectivity index is 0.00000139. The Morgan fingerprint density at radius 1 is 0.626 bits per heavy atom. The number of Topliss-reactive ketones (excluding diaryl/α,β-unsaturated/α-hetero) is 2. The first-order chi connectivity index (χ1) is 48.7. The normalized spacial score (nSPS) is 15.9. The average molecular weight is 1510 g/mol. The van der Waals surface area contributed by atoms with E-state index in [1.54, 1.807) is 59.3 Å². The van der Waals surface area contributed by atoms with Crippen LogP contribution in [-0.4, -0.2) is 215 Å². The van der Waals surface area contributed by atoms with Crippen LogP contribution in [0.1, 0.15) is 144 Å². The van der Waals surface area contributed by atoms with Gasteiger partial charge in [0.2, 0.25) is 23.5 Å². The van der Waals surface area contributed by atoms with Gasteiger partial charge in [0.15, 0.2) is 5.78 Å². The van der Waals surface area contributed by atoms with Gasteiger partial charge in [-0.1, -0.05) is 76.0 Å². The summed E-state index contributed by atoms with van der Waals surface area (Å²) in [5, 5.41) is 43.5.